The number of hydrogen-bond donors (Lipinski definition) is 1. The van der Waals surface area contributed by atoms with Gasteiger partial charge in [-0.25, -0.2) is 4.79 Å². The summed E-state index contributed by atoms with van der Waals surface area (Å²) < 4.78 is 4.35. The van der Waals surface area contributed by atoms with Crippen LogP contribution in [0.15, 0.2) is 12.2 Å². The Morgan fingerprint density at radius 3 is 2.64 bits per heavy atom. The quantitative estimate of drug-likeness (QED) is 0.339. The highest BCUT2D eigenvalue weighted by atomic mass is 16.5. The lowest BCUT2D eigenvalue weighted by Gasteiger charge is -1.92. The number of carbonyl (C=O) groups is 1. The Hall–Kier alpha value is -1.27. The Balaban J connectivity index is 3.83. The lowest BCUT2D eigenvalue weighted by atomic mass is 10.4. The summed E-state index contributed by atoms with van der Waals surface area (Å²) in [6.07, 6.45) is 1.27. The first-order valence-electron chi connectivity index (χ1n) is 3.09. The minimum Gasteiger partial charge on any atom is -0.381 e. The van der Waals surface area contributed by atoms with Crippen molar-refractivity contribution in [3.8, 4) is 12.0 Å². The third kappa shape index (κ3) is 5.19. The van der Waals surface area contributed by atoms with E-state index >= 15 is 0 Å². The van der Waals surface area contributed by atoms with Crippen molar-refractivity contribution >= 4 is 5.97 Å². The Labute approximate surface area is 65.7 Å². The predicted octanol–water partition coefficient (Wildman–Crippen LogP) is 0.447. The average molecular weight is 154 g/mol. The molecule has 0 spiro atoms. The normalized spacial score (nSPS) is 10.8. The molecule has 60 valence electrons. The standard InChI is InChI=1S/C8H10O3/c1-6(2)8(10)11-5-4-7(3)9/h7,9H,1H2,2-3H3. The van der Waals surface area contributed by atoms with Gasteiger partial charge >= 0.3 is 5.97 Å². The molecule has 0 aromatic carbocycles. The molecule has 3 heteroatoms. The number of aliphatic hydroxyl groups excluding tert-OH is 1. The largest absolute Gasteiger partial charge is 0.381 e. The molecule has 0 aliphatic carbocycles. The van der Waals surface area contributed by atoms with Gasteiger partial charge in [0.25, 0.3) is 0 Å². The third-order valence-electron chi connectivity index (χ3n) is 0.760. The first kappa shape index (κ1) is 9.73. The fourth-order valence-corrected chi connectivity index (χ4v) is 0.248. The monoisotopic (exact) mass is 154 g/mol. The summed E-state index contributed by atoms with van der Waals surface area (Å²) in [6.45, 7) is 6.34. The van der Waals surface area contributed by atoms with Crippen molar-refractivity contribution in [1.29, 1.82) is 0 Å². The van der Waals surface area contributed by atoms with Crippen LogP contribution < -0.4 is 0 Å². The number of carbonyl (C=O) groups excluding carboxylic acids is 1. The molecule has 0 saturated heterocycles. The van der Waals surface area contributed by atoms with E-state index in [1.165, 1.54) is 13.8 Å². The van der Waals surface area contributed by atoms with Crippen molar-refractivity contribution in [2.45, 2.75) is 20.0 Å². The Kier molecular flexibility index (Phi) is 4.01. The predicted molar refractivity (Wildman–Crippen MR) is 40.4 cm³/mol. The zero-order chi connectivity index (χ0) is 8.85. The van der Waals surface area contributed by atoms with Gasteiger partial charge in [0.05, 0.1) is 0 Å². The second-order valence-electron chi connectivity index (χ2n) is 2.09. The first-order chi connectivity index (χ1) is 5.04. The summed E-state index contributed by atoms with van der Waals surface area (Å²) in [4.78, 5) is 10.6. The molecule has 0 rings (SSSR count). The van der Waals surface area contributed by atoms with E-state index in [0.29, 0.717) is 0 Å². The minimum atomic E-state index is -0.784. The molecule has 3 nitrogen and oxygen atoms in total. The second kappa shape index (κ2) is 4.53. The molecule has 0 radical (unpaired) electrons. The molecule has 0 aromatic heterocycles. The van der Waals surface area contributed by atoms with E-state index in [1.807, 2.05) is 0 Å². The van der Waals surface area contributed by atoms with Gasteiger partial charge in [-0.2, -0.15) is 0 Å². The molecule has 0 aromatic rings. The van der Waals surface area contributed by atoms with Gasteiger partial charge < -0.3 is 9.84 Å². The molecule has 1 atom stereocenters. The molecule has 0 aliphatic rings. The van der Waals surface area contributed by atoms with Gasteiger partial charge in [-0.05, 0) is 19.8 Å². The van der Waals surface area contributed by atoms with E-state index in [1.54, 1.807) is 0 Å². The van der Waals surface area contributed by atoms with E-state index in [0.717, 1.165) is 0 Å². The highest BCUT2D eigenvalue weighted by Crippen LogP contribution is 1.89. The lowest BCUT2D eigenvalue weighted by molar-refractivity contribution is -0.132. The van der Waals surface area contributed by atoms with E-state index in [2.05, 4.69) is 23.3 Å². The van der Waals surface area contributed by atoms with Crippen LogP contribution in [0, 0.1) is 12.0 Å². The first-order valence-corrected chi connectivity index (χ1v) is 3.09. The van der Waals surface area contributed by atoms with Gasteiger partial charge in [0, 0.05) is 5.57 Å². The van der Waals surface area contributed by atoms with Gasteiger partial charge in [-0.15, -0.1) is 0 Å². The number of ether oxygens (including phenoxy) is 1. The van der Waals surface area contributed by atoms with Crippen LogP contribution in [0.4, 0.5) is 0 Å². The minimum absolute atomic E-state index is 0.282. The molecule has 0 aliphatic heterocycles. The molecule has 0 bridgehead atoms. The van der Waals surface area contributed by atoms with Gasteiger partial charge in [0.2, 0.25) is 0 Å². The van der Waals surface area contributed by atoms with Crippen molar-refractivity contribution in [1.82, 2.24) is 0 Å². The van der Waals surface area contributed by atoms with Crippen LogP contribution >= 0.6 is 0 Å². The maximum atomic E-state index is 10.6. The van der Waals surface area contributed by atoms with Crippen LogP contribution in [0.1, 0.15) is 13.8 Å². The molecule has 1 unspecified atom stereocenters. The summed E-state index contributed by atoms with van der Waals surface area (Å²) in [5, 5.41) is 8.62. The fraction of sp³-hybridized carbons (Fsp3) is 0.375. The molecule has 0 saturated carbocycles. The van der Waals surface area contributed by atoms with E-state index in [-0.39, 0.29) is 5.57 Å². The van der Waals surface area contributed by atoms with Gasteiger partial charge in [-0.3, -0.25) is 0 Å². The summed E-state index contributed by atoms with van der Waals surface area (Å²) in [7, 11) is 0. The SMILES string of the molecule is C=C(C)C(=O)OC#CC(C)O. The number of rotatable bonds is 1. The molecule has 11 heavy (non-hydrogen) atoms. The van der Waals surface area contributed by atoms with Gasteiger partial charge in [0.15, 0.2) is 0 Å². The Bertz CT molecular complexity index is 217. The van der Waals surface area contributed by atoms with Crippen LogP contribution in [-0.2, 0) is 9.53 Å². The Morgan fingerprint density at radius 1 is 1.73 bits per heavy atom. The fourth-order valence-electron chi connectivity index (χ4n) is 0.248. The summed E-state index contributed by atoms with van der Waals surface area (Å²) in [6, 6.07) is 0. The van der Waals surface area contributed by atoms with E-state index < -0.39 is 12.1 Å². The Morgan fingerprint density at radius 2 is 2.27 bits per heavy atom. The van der Waals surface area contributed by atoms with Crippen LogP contribution in [0.3, 0.4) is 0 Å². The number of hydrogen-bond acceptors (Lipinski definition) is 3. The van der Waals surface area contributed by atoms with Crippen LogP contribution in [0.2, 0.25) is 0 Å². The topological polar surface area (TPSA) is 46.5 Å². The zero-order valence-electron chi connectivity index (χ0n) is 6.55. The van der Waals surface area contributed by atoms with Crippen molar-refractivity contribution in [3.63, 3.8) is 0 Å². The lowest BCUT2D eigenvalue weighted by Crippen LogP contribution is -2.01. The molecule has 0 amide bonds. The molecule has 0 fully saturated rings. The third-order valence-corrected chi connectivity index (χ3v) is 0.760. The van der Waals surface area contributed by atoms with Gasteiger partial charge in [0.1, 0.15) is 12.2 Å². The van der Waals surface area contributed by atoms with Crippen molar-refractivity contribution in [3.05, 3.63) is 12.2 Å². The molecular weight excluding hydrogens is 144 g/mol. The van der Waals surface area contributed by atoms with Crippen LogP contribution in [-0.4, -0.2) is 17.2 Å². The van der Waals surface area contributed by atoms with E-state index in [4.69, 9.17) is 5.11 Å². The maximum absolute atomic E-state index is 10.6. The number of esters is 1. The summed E-state index contributed by atoms with van der Waals surface area (Å²) in [5.74, 6) is 1.68. The second-order valence-corrected chi connectivity index (χ2v) is 2.09. The highest BCUT2D eigenvalue weighted by molar-refractivity contribution is 5.87. The summed E-state index contributed by atoms with van der Waals surface area (Å²) in [5.41, 5.74) is 0.282. The van der Waals surface area contributed by atoms with Crippen molar-refractivity contribution in [2.75, 3.05) is 0 Å². The van der Waals surface area contributed by atoms with Crippen molar-refractivity contribution < 1.29 is 14.6 Å². The molecule has 0 heterocycles. The molecular formula is C8H10O3. The number of aliphatic hydroxyl groups is 1. The smallest absolute Gasteiger partial charge is 0.347 e. The molecule has 1 N–H and O–H groups in total. The van der Waals surface area contributed by atoms with Crippen molar-refractivity contribution in [2.24, 2.45) is 0 Å². The van der Waals surface area contributed by atoms with Crippen LogP contribution in [0.25, 0.3) is 0 Å². The van der Waals surface area contributed by atoms with E-state index in [9.17, 15) is 4.79 Å². The van der Waals surface area contributed by atoms with Gasteiger partial charge in [-0.1, -0.05) is 6.58 Å². The zero-order valence-corrected chi connectivity index (χ0v) is 6.55. The van der Waals surface area contributed by atoms with Crippen LogP contribution in [0.5, 0.6) is 0 Å². The maximum Gasteiger partial charge on any atom is 0.347 e. The highest BCUT2D eigenvalue weighted by Gasteiger charge is 1.99. The summed E-state index contributed by atoms with van der Waals surface area (Å²) >= 11 is 0. The average Bonchev–Trinajstić information content (AvgIpc) is 1.86.